The number of carbonyl (C=O) groups excluding carboxylic acids is 2. The van der Waals surface area contributed by atoms with Crippen LogP contribution >= 0.6 is 23.1 Å². The van der Waals surface area contributed by atoms with Crippen LogP contribution < -0.4 is 19.6 Å². The monoisotopic (exact) mass is 508 g/mol. The molecule has 7 nitrogen and oxygen atoms in total. The van der Waals surface area contributed by atoms with E-state index in [-0.39, 0.29) is 12.2 Å². The second-order valence-corrected chi connectivity index (χ2v) is 9.63. The standard InChI is InChI=1S/C26H24N2O5S2/c1-5-32-25(31)22-15(2)27-26-28(23(22)18-8-12-20(34-4)13-9-18)24(30)21(35-26)14-17-6-10-19(11-7-17)33-16(3)29/h6-14,23H,5H2,1-4H3/b21-14-/t23-/m0/s1. The summed E-state index contributed by atoms with van der Waals surface area (Å²) < 4.78 is 12.4. The van der Waals surface area contributed by atoms with Crippen molar-refractivity contribution in [1.82, 2.24) is 4.57 Å². The molecule has 0 radical (unpaired) electrons. The molecule has 1 atom stereocenters. The van der Waals surface area contributed by atoms with E-state index >= 15 is 0 Å². The Morgan fingerprint density at radius 2 is 1.83 bits per heavy atom. The maximum atomic E-state index is 13.6. The Bertz CT molecular complexity index is 1480. The quantitative estimate of drug-likeness (QED) is 0.288. The molecule has 2 aromatic carbocycles. The molecule has 0 aliphatic carbocycles. The summed E-state index contributed by atoms with van der Waals surface area (Å²) in [6, 6.07) is 14.0. The van der Waals surface area contributed by atoms with E-state index in [0.29, 0.717) is 26.4 Å². The highest BCUT2D eigenvalue weighted by molar-refractivity contribution is 7.98. The van der Waals surface area contributed by atoms with Gasteiger partial charge in [0.15, 0.2) is 4.80 Å². The van der Waals surface area contributed by atoms with Crippen LogP contribution in [0.2, 0.25) is 0 Å². The van der Waals surface area contributed by atoms with Crippen LogP contribution in [0.3, 0.4) is 0 Å². The molecular formula is C26H24N2O5S2. The van der Waals surface area contributed by atoms with Crippen molar-refractivity contribution in [2.45, 2.75) is 31.7 Å². The first-order chi connectivity index (χ1) is 16.8. The van der Waals surface area contributed by atoms with Crippen LogP contribution in [-0.2, 0) is 14.3 Å². The fourth-order valence-corrected chi connectivity index (χ4v) is 5.30. The molecule has 1 aromatic heterocycles. The van der Waals surface area contributed by atoms with Gasteiger partial charge < -0.3 is 9.47 Å². The molecule has 1 aliphatic rings. The highest BCUT2D eigenvalue weighted by Crippen LogP contribution is 2.31. The van der Waals surface area contributed by atoms with Crippen molar-refractivity contribution >= 4 is 41.1 Å². The second-order valence-electron chi connectivity index (χ2n) is 7.74. The first-order valence-electron chi connectivity index (χ1n) is 10.9. The predicted molar refractivity (Wildman–Crippen MR) is 136 cm³/mol. The topological polar surface area (TPSA) is 87.0 Å². The Kier molecular flexibility index (Phi) is 7.37. The molecule has 4 rings (SSSR count). The zero-order chi connectivity index (χ0) is 25.1. The van der Waals surface area contributed by atoms with Crippen LogP contribution in [0, 0.1) is 0 Å². The van der Waals surface area contributed by atoms with E-state index in [1.165, 1.54) is 18.3 Å². The lowest BCUT2D eigenvalue weighted by Crippen LogP contribution is -2.39. The van der Waals surface area contributed by atoms with Crippen LogP contribution in [0.5, 0.6) is 5.75 Å². The van der Waals surface area contributed by atoms with Crippen molar-refractivity contribution in [1.29, 1.82) is 0 Å². The minimum atomic E-state index is -0.644. The maximum Gasteiger partial charge on any atom is 0.338 e. The summed E-state index contributed by atoms with van der Waals surface area (Å²) in [5.41, 5.74) is 2.22. The van der Waals surface area contributed by atoms with Gasteiger partial charge in [0.1, 0.15) is 5.75 Å². The molecule has 0 saturated carbocycles. The maximum absolute atomic E-state index is 13.6. The lowest BCUT2D eigenvalue weighted by Gasteiger charge is -2.24. The second kappa shape index (κ2) is 10.5. The van der Waals surface area contributed by atoms with Crippen molar-refractivity contribution in [2.24, 2.45) is 4.99 Å². The Morgan fingerprint density at radius 3 is 2.43 bits per heavy atom. The predicted octanol–water partition coefficient (Wildman–Crippen LogP) is 3.45. The van der Waals surface area contributed by atoms with Crippen molar-refractivity contribution in [3.05, 3.63) is 90.6 Å². The van der Waals surface area contributed by atoms with Gasteiger partial charge >= 0.3 is 11.9 Å². The molecule has 0 N–H and O–H groups in total. The number of ether oxygens (including phenoxy) is 2. The van der Waals surface area contributed by atoms with E-state index < -0.39 is 18.0 Å². The molecule has 35 heavy (non-hydrogen) atoms. The summed E-state index contributed by atoms with van der Waals surface area (Å²) in [5, 5.41) is 0. The van der Waals surface area contributed by atoms with Gasteiger partial charge in [-0.15, -0.1) is 11.8 Å². The average Bonchev–Trinajstić information content (AvgIpc) is 3.13. The molecule has 0 spiro atoms. The number of nitrogens with zero attached hydrogens (tertiary/aromatic N) is 2. The third-order valence-electron chi connectivity index (χ3n) is 5.39. The molecule has 3 aromatic rings. The fraction of sp³-hybridized carbons (Fsp3) is 0.231. The van der Waals surface area contributed by atoms with Gasteiger partial charge in [0.2, 0.25) is 0 Å². The third-order valence-corrected chi connectivity index (χ3v) is 7.11. The summed E-state index contributed by atoms with van der Waals surface area (Å²) in [7, 11) is 0. The molecule has 0 bridgehead atoms. The van der Waals surface area contributed by atoms with Crippen LogP contribution in [0.15, 0.2) is 74.5 Å². The van der Waals surface area contributed by atoms with Gasteiger partial charge in [0, 0.05) is 11.8 Å². The zero-order valence-electron chi connectivity index (χ0n) is 19.7. The van der Waals surface area contributed by atoms with Gasteiger partial charge in [0.25, 0.3) is 5.56 Å². The first-order valence-corrected chi connectivity index (χ1v) is 13.0. The van der Waals surface area contributed by atoms with Crippen LogP contribution in [0.4, 0.5) is 0 Å². The number of aromatic nitrogens is 1. The number of benzene rings is 2. The Morgan fingerprint density at radius 1 is 1.14 bits per heavy atom. The summed E-state index contributed by atoms with van der Waals surface area (Å²) in [6.07, 6.45) is 3.75. The number of rotatable bonds is 6. The highest BCUT2D eigenvalue weighted by Gasteiger charge is 2.33. The van der Waals surface area contributed by atoms with Crippen LogP contribution in [0.25, 0.3) is 6.08 Å². The molecule has 2 heterocycles. The lowest BCUT2D eigenvalue weighted by molar-refractivity contribution is -0.139. The van der Waals surface area contributed by atoms with E-state index in [9.17, 15) is 14.4 Å². The van der Waals surface area contributed by atoms with Gasteiger partial charge in [0.05, 0.1) is 28.5 Å². The number of hydrogen-bond donors (Lipinski definition) is 0. The number of hydrogen-bond acceptors (Lipinski definition) is 8. The number of carbonyl (C=O) groups is 2. The van der Waals surface area contributed by atoms with Crippen LogP contribution in [-0.4, -0.2) is 29.4 Å². The summed E-state index contributed by atoms with van der Waals surface area (Å²) in [6.45, 7) is 5.08. The summed E-state index contributed by atoms with van der Waals surface area (Å²) in [4.78, 5) is 43.9. The van der Waals surface area contributed by atoms with E-state index in [1.54, 1.807) is 60.5 Å². The minimum absolute atomic E-state index is 0.224. The molecule has 180 valence electrons. The number of fused-ring (bicyclic) bond motifs is 1. The van der Waals surface area contributed by atoms with E-state index in [4.69, 9.17) is 9.47 Å². The van der Waals surface area contributed by atoms with Crippen molar-refractivity contribution in [3.8, 4) is 5.75 Å². The first kappa shape index (κ1) is 24.7. The number of esters is 2. The largest absolute Gasteiger partial charge is 0.463 e. The van der Waals surface area contributed by atoms with Crippen LogP contribution in [0.1, 0.15) is 37.9 Å². The van der Waals surface area contributed by atoms with Gasteiger partial charge in [-0.2, -0.15) is 0 Å². The van der Waals surface area contributed by atoms with Gasteiger partial charge in [-0.1, -0.05) is 35.6 Å². The number of thioether (sulfide) groups is 1. The Labute approximate surface area is 210 Å². The summed E-state index contributed by atoms with van der Waals surface area (Å²) in [5.74, 6) is -0.452. The molecular weight excluding hydrogens is 484 g/mol. The highest BCUT2D eigenvalue weighted by atomic mass is 32.2. The zero-order valence-corrected chi connectivity index (χ0v) is 21.4. The van der Waals surface area contributed by atoms with Crippen molar-refractivity contribution in [3.63, 3.8) is 0 Å². The minimum Gasteiger partial charge on any atom is -0.463 e. The lowest BCUT2D eigenvalue weighted by atomic mass is 9.96. The fourth-order valence-electron chi connectivity index (χ4n) is 3.84. The van der Waals surface area contributed by atoms with E-state index in [1.807, 2.05) is 30.5 Å². The number of allylic oxidation sites excluding steroid dienone is 1. The Hall–Kier alpha value is -3.43. The molecule has 0 amide bonds. The van der Waals surface area contributed by atoms with E-state index in [2.05, 4.69) is 4.99 Å². The number of thiazole rings is 1. The molecule has 0 saturated heterocycles. The van der Waals surface area contributed by atoms with Crippen molar-refractivity contribution in [2.75, 3.05) is 12.9 Å². The third kappa shape index (κ3) is 5.16. The van der Waals surface area contributed by atoms with E-state index in [0.717, 1.165) is 16.0 Å². The van der Waals surface area contributed by atoms with Gasteiger partial charge in [-0.05, 0) is 61.6 Å². The van der Waals surface area contributed by atoms with Gasteiger partial charge in [-0.25, -0.2) is 9.79 Å². The smallest absolute Gasteiger partial charge is 0.338 e. The van der Waals surface area contributed by atoms with Crippen molar-refractivity contribution < 1.29 is 19.1 Å². The molecule has 0 fully saturated rings. The molecule has 9 heteroatoms. The average molecular weight is 509 g/mol. The normalized spacial score (nSPS) is 15.4. The molecule has 0 unspecified atom stereocenters. The SMILES string of the molecule is CCOC(=O)C1=C(C)N=c2s/c(=C\c3ccc(OC(C)=O)cc3)c(=O)n2[C@H]1c1ccc(SC)cc1. The Balaban J connectivity index is 1.85. The summed E-state index contributed by atoms with van der Waals surface area (Å²) >= 11 is 2.88. The molecule has 1 aliphatic heterocycles. The van der Waals surface area contributed by atoms with Gasteiger partial charge in [-0.3, -0.25) is 14.2 Å².